The van der Waals surface area contributed by atoms with Crippen molar-refractivity contribution >= 4 is 23.7 Å². The second-order valence-corrected chi connectivity index (χ2v) is 10.2. The number of nitrogens with zero attached hydrogens (tertiary/aromatic N) is 2. The molecule has 0 saturated heterocycles. The summed E-state index contributed by atoms with van der Waals surface area (Å²) < 4.78 is 45.3. The van der Waals surface area contributed by atoms with Crippen LogP contribution in [0.3, 0.4) is 0 Å². The Hall–Kier alpha value is -4.52. The highest BCUT2D eigenvalue weighted by Crippen LogP contribution is 2.20. The van der Waals surface area contributed by atoms with Gasteiger partial charge in [0.25, 0.3) is 0 Å². The molecule has 0 aliphatic carbocycles. The fraction of sp³-hybridized carbons (Fsp3) is 0.355. The summed E-state index contributed by atoms with van der Waals surface area (Å²) in [6.07, 6.45) is -1.46. The zero-order chi connectivity index (χ0) is 32.1. The molecule has 236 valence electrons. The first kappa shape index (κ1) is 34.0. The lowest BCUT2D eigenvalue weighted by Crippen LogP contribution is -2.41. The highest BCUT2D eigenvalue weighted by molar-refractivity contribution is 5.81. The molecule has 0 spiro atoms. The first-order chi connectivity index (χ1) is 20.9. The summed E-state index contributed by atoms with van der Waals surface area (Å²) >= 11 is 0. The Labute approximate surface area is 251 Å². The summed E-state index contributed by atoms with van der Waals surface area (Å²) in [5.41, 5.74) is 3.71. The molecule has 3 aromatic rings. The van der Waals surface area contributed by atoms with E-state index in [1.54, 1.807) is 6.07 Å². The van der Waals surface area contributed by atoms with E-state index in [4.69, 9.17) is 14.9 Å². The predicted octanol–water partition coefficient (Wildman–Crippen LogP) is 4.28. The maximum atomic E-state index is 13.6. The normalized spacial score (nSPS) is 13.1. The van der Waals surface area contributed by atoms with Gasteiger partial charge in [-0.15, -0.1) is 0 Å². The molecule has 0 bridgehead atoms. The van der Waals surface area contributed by atoms with E-state index in [0.29, 0.717) is 25.1 Å². The largest absolute Gasteiger partial charge is 0.490 e. The fourth-order valence-electron chi connectivity index (χ4n) is 4.53. The number of rotatable bonds is 12. The second kappa shape index (κ2) is 16.4. The lowest BCUT2D eigenvalue weighted by molar-refractivity contribution is -0.192. The minimum atomic E-state index is -5.08. The Bertz CT molecular complexity index is 1410. The van der Waals surface area contributed by atoms with Gasteiger partial charge in [-0.1, -0.05) is 48.5 Å². The summed E-state index contributed by atoms with van der Waals surface area (Å²) in [6.45, 7) is 2.26. The standard InChI is InChI=1S/C29H33FN4O3.C2HF3O2/c30-24-10-4-8-23(18-24)26(29(36)37)19-32-27(35)20-34(16-13-21-6-2-1-3-7-21)17-14-25-12-11-22-9-5-15-31-28(22)33-25;3-2(4,5)1(6)7/h1-4,6-8,10-12,18,26H,5,9,13-17,19-20H2,(H,31,33)(H,32,35)(H,36,37);(H,6,7)/t26-;/m1./s1. The predicted molar refractivity (Wildman–Crippen MR) is 155 cm³/mol. The molecule has 1 aliphatic rings. The number of fused-ring (bicyclic) bond motifs is 1. The van der Waals surface area contributed by atoms with Gasteiger partial charge in [0.05, 0.1) is 12.5 Å². The molecule has 2 heterocycles. The molecule has 4 N–H and O–H groups in total. The third kappa shape index (κ3) is 11.3. The molecule has 2 aromatic carbocycles. The Kier molecular flexibility index (Phi) is 12.6. The van der Waals surface area contributed by atoms with Crippen LogP contribution in [0, 0.1) is 5.82 Å². The Morgan fingerprint density at radius 2 is 1.68 bits per heavy atom. The number of carboxylic acid groups (broad SMARTS) is 2. The summed E-state index contributed by atoms with van der Waals surface area (Å²) in [4.78, 5) is 40.3. The fourth-order valence-corrected chi connectivity index (χ4v) is 4.53. The Morgan fingerprint density at radius 3 is 2.34 bits per heavy atom. The zero-order valence-electron chi connectivity index (χ0n) is 23.8. The van der Waals surface area contributed by atoms with Crippen LogP contribution in [0.25, 0.3) is 0 Å². The third-order valence-electron chi connectivity index (χ3n) is 6.86. The van der Waals surface area contributed by atoms with Crippen molar-refractivity contribution in [3.63, 3.8) is 0 Å². The molecule has 4 rings (SSSR count). The van der Waals surface area contributed by atoms with Crippen LogP contribution in [0.2, 0.25) is 0 Å². The molecule has 1 aliphatic heterocycles. The number of aryl methyl sites for hydroxylation is 1. The number of pyridine rings is 1. The van der Waals surface area contributed by atoms with Crippen molar-refractivity contribution < 1.29 is 42.2 Å². The molecule has 0 radical (unpaired) electrons. The van der Waals surface area contributed by atoms with Crippen molar-refractivity contribution in [1.82, 2.24) is 15.2 Å². The number of benzene rings is 2. The maximum Gasteiger partial charge on any atom is 0.490 e. The first-order valence-electron chi connectivity index (χ1n) is 14.0. The second-order valence-electron chi connectivity index (χ2n) is 10.2. The number of carbonyl (C=O) groups is 3. The highest BCUT2D eigenvalue weighted by Gasteiger charge is 2.38. The van der Waals surface area contributed by atoms with Gasteiger partial charge in [-0.2, -0.15) is 13.2 Å². The average molecular weight is 619 g/mol. The molecule has 44 heavy (non-hydrogen) atoms. The van der Waals surface area contributed by atoms with Crippen LogP contribution in [0.4, 0.5) is 23.4 Å². The van der Waals surface area contributed by atoms with Crippen molar-refractivity contribution in [3.8, 4) is 0 Å². The molecule has 1 amide bonds. The van der Waals surface area contributed by atoms with Gasteiger partial charge in [0.1, 0.15) is 11.6 Å². The van der Waals surface area contributed by atoms with E-state index in [1.165, 1.54) is 29.3 Å². The summed E-state index contributed by atoms with van der Waals surface area (Å²) in [5.74, 6) is -4.71. The van der Waals surface area contributed by atoms with Gasteiger partial charge in [-0.25, -0.2) is 14.2 Å². The van der Waals surface area contributed by atoms with Gasteiger partial charge in [0.15, 0.2) is 0 Å². The van der Waals surface area contributed by atoms with E-state index in [-0.39, 0.29) is 19.0 Å². The number of nitrogens with one attached hydrogen (secondary N) is 2. The van der Waals surface area contributed by atoms with Gasteiger partial charge < -0.3 is 20.8 Å². The number of aliphatic carboxylic acids is 2. The number of anilines is 1. The summed E-state index contributed by atoms with van der Waals surface area (Å²) in [5, 5.41) is 22.8. The van der Waals surface area contributed by atoms with Gasteiger partial charge in [-0.3, -0.25) is 14.5 Å². The lowest BCUT2D eigenvalue weighted by atomic mass is 9.99. The van der Waals surface area contributed by atoms with Crippen LogP contribution < -0.4 is 10.6 Å². The number of hydrogen-bond donors (Lipinski definition) is 4. The molecular weight excluding hydrogens is 584 g/mol. The van der Waals surface area contributed by atoms with E-state index in [0.717, 1.165) is 37.3 Å². The number of alkyl halides is 3. The lowest BCUT2D eigenvalue weighted by Gasteiger charge is -2.23. The van der Waals surface area contributed by atoms with Crippen molar-refractivity contribution in [2.45, 2.75) is 37.8 Å². The molecule has 0 fully saturated rings. The monoisotopic (exact) mass is 618 g/mol. The number of carbonyl (C=O) groups excluding carboxylic acids is 1. The van der Waals surface area contributed by atoms with Crippen molar-refractivity contribution in [1.29, 1.82) is 0 Å². The van der Waals surface area contributed by atoms with Crippen molar-refractivity contribution in [2.75, 3.05) is 38.0 Å². The van der Waals surface area contributed by atoms with E-state index < -0.39 is 29.9 Å². The first-order valence-corrected chi connectivity index (χ1v) is 14.0. The van der Waals surface area contributed by atoms with E-state index in [1.807, 2.05) is 18.2 Å². The maximum absolute atomic E-state index is 13.6. The third-order valence-corrected chi connectivity index (χ3v) is 6.86. The highest BCUT2D eigenvalue weighted by atomic mass is 19.4. The summed E-state index contributed by atoms with van der Waals surface area (Å²) in [6, 6.07) is 19.7. The minimum Gasteiger partial charge on any atom is -0.481 e. The van der Waals surface area contributed by atoms with Crippen LogP contribution in [0.1, 0.15) is 34.7 Å². The molecule has 13 heteroatoms. The number of aromatic nitrogens is 1. The van der Waals surface area contributed by atoms with Crippen molar-refractivity contribution in [2.24, 2.45) is 0 Å². The average Bonchev–Trinajstić information content (AvgIpc) is 2.99. The molecule has 9 nitrogen and oxygen atoms in total. The van der Waals surface area contributed by atoms with Gasteiger partial charge in [-0.05, 0) is 54.2 Å². The molecule has 0 saturated carbocycles. The van der Waals surface area contributed by atoms with Gasteiger partial charge in [0.2, 0.25) is 5.91 Å². The zero-order valence-corrected chi connectivity index (χ0v) is 23.8. The van der Waals surface area contributed by atoms with Crippen LogP contribution in [-0.4, -0.2) is 76.8 Å². The van der Waals surface area contributed by atoms with E-state index in [2.05, 4.69) is 39.8 Å². The van der Waals surface area contributed by atoms with Crippen LogP contribution in [-0.2, 0) is 33.6 Å². The molecular formula is C31H34F4N4O5. The van der Waals surface area contributed by atoms with Crippen molar-refractivity contribution in [3.05, 3.63) is 94.9 Å². The quantitative estimate of drug-likeness (QED) is 0.221. The molecule has 1 atom stereocenters. The summed E-state index contributed by atoms with van der Waals surface area (Å²) in [7, 11) is 0. The van der Waals surface area contributed by atoms with Gasteiger partial charge >= 0.3 is 18.1 Å². The SMILES string of the molecule is O=C(CN(CCc1ccccc1)CCc1ccc2c(n1)NCCC2)NC[C@@H](C(=O)O)c1cccc(F)c1.O=C(O)C(F)(F)F. The molecule has 1 aromatic heterocycles. The van der Waals surface area contributed by atoms with Crippen LogP contribution >= 0.6 is 0 Å². The topological polar surface area (TPSA) is 132 Å². The van der Waals surface area contributed by atoms with Gasteiger partial charge in [0, 0.05) is 38.3 Å². The van der Waals surface area contributed by atoms with E-state index >= 15 is 0 Å². The van der Waals surface area contributed by atoms with E-state index in [9.17, 15) is 32.3 Å². The minimum absolute atomic E-state index is 0.109. The van der Waals surface area contributed by atoms with Crippen LogP contribution in [0.15, 0.2) is 66.7 Å². The molecule has 0 unspecified atom stereocenters. The number of halogens is 4. The Morgan fingerprint density at radius 1 is 0.977 bits per heavy atom. The Balaban J connectivity index is 0.000000676. The van der Waals surface area contributed by atoms with Crippen LogP contribution in [0.5, 0.6) is 0 Å². The number of hydrogen-bond acceptors (Lipinski definition) is 6. The number of amides is 1. The smallest absolute Gasteiger partial charge is 0.481 e. The number of carboxylic acids is 2.